The molecule has 0 saturated heterocycles. The SMILES string of the molecule is O=C(Cc1cccc([N+](=O)[O-])c1)Nc1ccc(I)cc1. The van der Waals surface area contributed by atoms with Crippen molar-refractivity contribution >= 4 is 39.9 Å². The number of benzene rings is 2. The number of hydrogen-bond donors (Lipinski definition) is 1. The average molecular weight is 382 g/mol. The van der Waals surface area contributed by atoms with E-state index in [1.807, 2.05) is 24.3 Å². The van der Waals surface area contributed by atoms with Crippen molar-refractivity contribution in [1.82, 2.24) is 0 Å². The molecule has 0 heterocycles. The third-order valence-corrected chi connectivity index (χ3v) is 3.33. The summed E-state index contributed by atoms with van der Waals surface area (Å²) in [6.45, 7) is 0. The first kappa shape index (κ1) is 14.4. The van der Waals surface area contributed by atoms with Gasteiger partial charge in [-0.25, -0.2) is 0 Å². The van der Waals surface area contributed by atoms with E-state index in [4.69, 9.17) is 0 Å². The minimum absolute atomic E-state index is 0.00966. The quantitative estimate of drug-likeness (QED) is 0.501. The summed E-state index contributed by atoms with van der Waals surface area (Å²) in [5.74, 6) is -0.202. The summed E-state index contributed by atoms with van der Waals surface area (Å²) in [5, 5.41) is 13.4. The van der Waals surface area contributed by atoms with Gasteiger partial charge >= 0.3 is 0 Å². The van der Waals surface area contributed by atoms with Crippen molar-refractivity contribution < 1.29 is 9.72 Å². The van der Waals surface area contributed by atoms with Crippen LogP contribution in [-0.4, -0.2) is 10.8 Å². The Morgan fingerprint density at radius 2 is 1.90 bits per heavy atom. The van der Waals surface area contributed by atoms with Crippen LogP contribution in [0.15, 0.2) is 48.5 Å². The van der Waals surface area contributed by atoms with Gasteiger partial charge in [-0.2, -0.15) is 0 Å². The van der Waals surface area contributed by atoms with Gasteiger partial charge < -0.3 is 5.32 Å². The zero-order chi connectivity index (χ0) is 14.5. The number of hydrogen-bond acceptors (Lipinski definition) is 3. The number of nitrogens with zero attached hydrogens (tertiary/aromatic N) is 1. The highest BCUT2D eigenvalue weighted by molar-refractivity contribution is 14.1. The first-order valence-corrected chi connectivity index (χ1v) is 6.91. The van der Waals surface area contributed by atoms with Crippen LogP contribution in [-0.2, 0) is 11.2 Å². The van der Waals surface area contributed by atoms with E-state index in [9.17, 15) is 14.9 Å². The van der Waals surface area contributed by atoms with E-state index in [2.05, 4.69) is 27.9 Å². The fourth-order valence-corrected chi connectivity index (χ4v) is 2.06. The largest absolute Gasteiger partial charge is 0.326 e. The Bertz CT molecular complexity index is 641. The molecule has 0 radical (unpaired) electrons. The predicted molar refractivity (Wildman–Crippen MR) is 84.6 cm³/mol. The minimum atomic E-state index is -0.472. The monoisotopic (exact) mass is 382 g/mol. The molecular weight excluding hydrogens is 371 g/mol. The summed E-state index contributed by atoms with van der Waals surface area (Å²) in [6, 6.07) is 13.5. The lowest BCUT2D eigenvalue weighted by molar-refractivity contribution is -0.384. The first-order chi connectivity index (χ1) is 9.54. The lowest BCUT2D eigenvalue weighted by Crippen LogP contribution is -2.14. The maximum Gasteiger partial charge on any atom is 0.269 e. The molecule has 2 rings (SSSR count). The van der Waals surface area contributed by atoms with Crippen LogP contribution in [0, 0.1) is 13.7 Å². The van der Waals surface area contributed by atoms with Crippen LogP contribution in [0.2, 0.25) is 0 Å². The number of nitro groups is 1. The van der Waals surface area contributed by atoms with E-state index >= 15 is 0 Å². The normalized spacial score (nSPS) is 10.1. The number of nitro benzene ring substituents is 1. The Labute approximate surface area is 129 Å². The molecular formula is C14H11IN2O3. The van der Waals surface area contributed by atoms with Gasteiger partial charge in [-0.15, -0.1) is 0 Å². The number of nitrogens with one attached hydrogen (secondary N) is 1. The highest BCUT2D eigenvalue weighted by Crippen LogP contribution is 2.15. The smallest absolute Gasteiger partial charge is 0.269 e. The lowest BCUT2D eigenvalue weighted by atomic mass is 10.1. The van der Waals surface area contributed by atoms with Gasteiger partial charge in [0.2, 0.25) is 5.91 Å². The van der Waals surface area contributed by atoms with Crippen LogP contribution >= 0.6 is 22.6 Å². The third-order valence-electron chi connectivity index (χ3n) is 2.61. The maximum atomic E-state index is 11.9. The number of carbonyl (C=O) groups is 1. The second-order valence-electron chi connectivity index (χ2n) is 4.16. The van der Waals surface area contributed by atoms with Crippen LogP contribution in [0.3, 0.4) is 0 Å². The molecule has 0 unspecified atom stereocenters. The molecule has 2 aromatic rings. The van der Waals surface area contributed by atoms with E-state index in [0.29, 0.717) is 11.3 Å². The Kier molecular flexibility index (Phi) is 4.67. The highest BCUT2D eigenvalue weighted by Gasteiger charge is 2.09. The zero-order valence-corrected chi connectivity index (χ0v) is 12.5. The molecule has 1 N–H and O–H groups in total. The summed E-state index contributed by atoms with van der Waals surface area (Å²) in [6.07, 6.45) is 0.105. The van der Waals surface area contributed by atoms with Crippen LogP contribution in [0.1, 0.15) is 5.56 Å². The number of anilines is 1. The second-order valence-corrected chi connectivity index (χ2v) is 5.40. The van der Waals surface area contributed by atoms with Gasteiger partial charge in [-0.3, -0.25) is 14.9 Å². The molecule has 1 amide bonds. The Morgan fingerprint density at radius 1 is 1.20 bits per heavy atom. The fourth-order valence-electron chi connectivity index (χ4n) is 1.70. The molecule has 0 aliphatic heterocycles. The van der Waals surface area contributed by atoms with Crippen molar-refractivity contribution in [2.75, 3.05) is 5.32 Å². The molecule has 2 aromatic carbocycles. The van der Waals surface area contributed by atoms with E-state index in [1.54, 1.807) is 12.1 Å². The number of halogens is 1. The Hall–Kier alpha value is -1.96. The maximum absolute atomic E-state index is 11.9. The molecule has 0 fully saturated rings. The zero-order valence-electron chi connectivity index (χ0n) is 10.4. The van der Waals surface area contributed by atoms with E-state index < -0.39 is 4.92 Å². The number of amides is 1. The highest BCUT2D eigenvalue weighted by atomic mass is 127. The lowest BCUT2D eigenvalue weighted by Gasteiger charge is -2.05. The molecule has 20 heavy (non-hydrogen) atoms. The summed E-state index contributed by atoms with van der Waals surface area (Å²) in [7, 11) is 0. The van der Waals surface area contributed by atoms with E-state index in [-0.39, 0.29) is 18.0 Å². The van der Waals surface area contributed by atoms with Crippen molar-refractivity contribution in [3.8, 4) is 0 Å². The van der Waals surface area contributed by atoms with Crippen LogP contribution in [0.5, 0.6) is 0 Å². The Morgan fingerprint density at radius 3 is 2.55 bits per heavy atom. The molecule has 0 aliphatic rings. The molecule has 0 aliphatic carbocycles. The van der Waals surface area contributed by atoms with Crippen molar-refractivity contribution in [1.29, 1.82) is 0 Å². The summed E-state index contributed by atoms with van der Waals surface area (Å²) >= 11 is 2.18. The minimum Gasteiger partial charge on any atom is -0.326 e. The van der Waals surface area contributed by atoms with Gasteiger partial charge in [0, 0.05) is 21.4 Å². The molecule has 6 heteroatoms. The Balaban J connectivity index is 2.02. The molecule has 102 valence electrons. The van der Waals surface area contributed by atoms with Crippen LogP contribution < -0.4 is 5.32 Å². The van der Waals surface area contributed by atoms with E-state index in [0.717, 1.165) is 3.57 Å². The van der Waals surface area contributed by atoms with Gasteiger partial charge in [-0.1, -0.05) is 12.1 Å². The number of non-ortho nitro benzene ring substituents is 1. The molecule has 0 bridgehead atoms. The van der Waals surface area contributed by atoms with Gasteiger partial charge in [-0.05, 0) is 52.4 Å². The fraction of sp³-hybridized carbons (Fsp3) is 0.0714. The second kappa shape index (κ2) is 6.47. The summed E-state index contributed by atoms with van der Waals surface area (Å²) < 4.78 is 1.08. The first-order valence-electron chi connectivity index (χ1n) is 5.83. The van der Waals surface area contributed by atoms with Crippen molar-refractivity contribution in [2.45, 2.75) is 6.42 Å². The molecule has 0 spiro atoms. The van der Waals surface area contributed by atoms with E-state index in [1.165, 1.54) is 12.1 Å². The number of rotatable bonds is 4. The van der Waals surface area contributed by atoms with Crippen LogP contribution in [0.4, 0.5) is 11.4 Å². The van der Waals surface area contributed by atoms with Crippen molar-refractivity contribution in [3.63, 3.8) is 0 Å². The van der Waals surface area contributed by atoms with Crippen molar-refractivity contribution in [2.24, 2.45) is 0 Å². The third kappa shape index (κ3) is 4.02. The molecule has 0 saturated carbocycles. The standard InChI is InChI=1S/C14H11IN2O3/c15-11-4-6-12(7-5-11)16-14(18)9-10-2-1-3-13(8-10)17(19)20/h1-8H,9H2,(H,16,18). The average Bonchev–Trinajstić information content (AvgIpc) is 2.41. The molecule has 0 aromatic heterocycles. The van der Waals surface area contributed by atoms with Crippen LogP contribution in [0.25, 0.3) is 0 Å². The molecule has 5 nitrogen and oxygen atoms in total. The summed E-state index contributed by atoms with van der Waals surface area (Å²) in [4.78, 5) is 22.1. The van der Waals surface area contributed by atoms with Gasteiger partial charge in [0.15, 0.2) is 0 Å². The topological polar surface area (TPSA) is 72.2 Å². The van der Waals surface area contributed by atoms with Gasteiger partial charge in [0.25, 0.3) is 5.69 Å². The van der Waals surface area contributed by atoms with Crippen molar-refractivity contribution in [3.05, 3.63) is 67.8 Å². The number of carbonyl (C=O) groups excluding carboxylic acids is 1. The molecule has 0 atom stereocenters. The predicted octanol–water partition coefficient (Wildman–Crippen LogP) is 3.38. The summed E-state index contributed by atoms with van der Waals surface area (Å²) in [5.41, 5.74) is 1.31. The van der Waals surface area contributed by atoms with Gasteiger partial charge in [0.1, 0.15) is 0 Å². The van der Waals surface area contributed by atoms with Gasteiger partial charge in [0.05, 0.1) is 11.3 Å².